The van der Waals surface area contributed by atoms with Gasteiger partial charge in [-0.2, -0.15) is 5.26 Å². The molecule has 0 aromatic heterocycles. The van der Waals surface area contributed by atoms with Crippen molar-refractivity contribution < 1.29 is 8.42 Å². The first-order valence-corrected chi connectivity index (χ1v) is 9.09. The van der Waals surface area contributed by atoms with Crippen molar-refractivity contribution in [2.24, 2.45) is 0 Å². The van der Waals surface area contributed by atoms with E-state index in [1.54, 1.807) is 4.31 Å². The Morgan fingerprint density at radius 1 is 1.24 bits per heavy atom. The van der Waals surface area contributed by atoms with Gasteiger partial charge < -0.3 is 0 Å². The average Bonchev–Trinajstić information content (AvgIpc) is 2.54. The fourth-order valence-corrected chi connectivity index (χ4v) is 4.47. The summed E-state index contributed by atoms with van der Waals surface area (Å²) in [5.74, 6) is 0.217. The molecule has 114 valence electrons. The zero-order chi connectivity index (χ0) is 15.3. The van der Waals surface area contributed by atoms with Gasteiger partial charge >= 0.3 is 0 Å². The van der Waals surface area contributed by atoms with E-state index in [0.717, 1.165) is 12.0 Å². The molecule has 0 bridgehead atoms. The topological polar surface area (TPSA) is 61.2 Å². The molecule has 0 radical (unpaired) electrons. The molecule has 0 amide bonds. The third kappa shape index (κ3) is 3.45. The predicted molar refractivity (Wildman–Crippen MR) is 83.2 cm³/mol. The fourth-order valence-electron chi connectivity index (χ4n) is 2.82. The van der Waals surface area contributed by atoms with E-state index in [1.165, 1.54) is 0 Å². The smallest absolute Gasteiger partial charge is 0.212 e. The first kappa shape index (κ1) is 16.0. The number of sulfonamides is 1. The van der Waals surface area contributed by atoms with Crippen LogP contribution >= 0.6 is 0 Å². The van der Waals surface area contributed by atoms with E-state index in [-0.39, 0.29) is 5.75 Å². The van der Waals surface area contributed by atoms with E-state index in [1.807, 2.05) is 37.3 Å². The molecule has 0 spiro atoms. The summed E-state index contributed by atoms with van der Waals surface area (Å²) >= 11 is 0. The molecule has 1 saturated heterocycles. The molecule has 0 unspecified atom stereocenters. The summed E-state index contributed by atoms with van der Waals surface area (Å²) in [7, 11) is -3.16. The van der Waals surface area contributed by atoms with Gasteiger partial charge in [-0.25, -0.2) is 12.7 Å². The van der Waals surface area contributed by atoms with Crippen molar-refractivity contribution in [2.75, 3.05) is 18.8 Å². The van der Waals surface area contributed by atoms with Crippen LogP contribution in [0.5, 0.6) is 0 Å². The second-order valence-electron chi connectivity index (χ2n) is 5.63. The molecule has 0 aliphatic carbocycles. The van der Waals surface area contributed by atoms with Crippen LogP contribution in [0.4, 0.5) is 0 Å². The second-order valence-corrected chi connectivity index (χ2v) is 7.72. The number of hydrogen-bond donors (Lipinski definition) is 0. The maximum Gasteiger partial charge on any atom is 0.214 e. The lowest BCUT2D eigenvalue weighted by Gasteiger charge is -2.37. The summed E-state index contributed by atoms with van der Waals surface area (Å²) in [5.41, 5.74) is 0.455. The van der Waals surface area contributed by atoms with E-state index < -0.39 is 15.4 Å². The lowest BCUT2D eigenvalue weighted by atomic mass is 9.74. The van der Waals surface area contributed by atoms with Crippen molar-refractivity contribution in [3.8, 4) is 6.07 Å². The molecule has 1 fully saturated rings. The standard InChI is InChI=1S/C16H22N2O2S/c1-2-3-13-21(19,20)18-11-9-16(14-17,10-12-18)15-7-5-4-6-8-15/h4-8H,2-3,9-13H2,1H3. The largest absolute Gasteiger partial charge is 0.214 e. The van der Waals surface area contributed by atoms with Gasteiger partial charge in [0.05, 0.1) is 17.2 Å². The van der Waals surface area contributed by atoms with Crippen LogP contribution in [0.1, 0.15) is 38.2 Å². The van der Waals surface area contributed by atoms with Gasteiger partial charge in [0.25, 0.3) is 0 Å². The molecular weight excluding hydrogens is 284 g/mol. The van der Waals surface area contributed by atoms with Gasteiger partial charge in [0.15, 0.2) is 0 Å². The minimum atomic E-state index is -3.16. The Hall–Kier alpha value is -1.38. The van der Waals surface area contributed by atoms with Crippen molar-refractivity contribution in [3.05, 3.63) is 35.9 Å². The Kier molecular flexibility index (Phi) is 5.02. The molecule has 1 aliphatic heterocycles. The Morgan fingerprint density at radius 3 is 2.38 bits per heavy atom. The molecule has 2 rings (SSSR count). The van der Waals surface area contributed by atoms with Gasteiger partial charge in [-0.1, -0.05) is 43.7 Å². The van der Waals surface area contributed by atoms with Crippen LogP contribution in [-0.2, 0) is 15.4 Å². The van der Waals surface area contributed by atoms with Crippen LogP contribution in [0.25, 0.3) is 0 Å². The summed E-state index contributed by atoms with van der Waals surface area (Å²) < 4.78 is 26.0. The number of hydrogen-bond acceptors (Lipinski definition) is 3. The maximum absolute atomic E-state index is 12.2. The number of benzene rings is 1. The average molecular weight is 306 g/mol. The van der Waals surface area contributed by atoms with E-state index in [0.29, 0.717) is 32.4 Å². The van der Waals surface area contributed by atoms with Crippen LogP contribution in [0.2, 0.25) is 0 Å². The van der Waals surface area contributed by atoms with Gasteiger partial charge in [-0.05, 0) is 24.8 Å². The van der Waals surface area contributed by atoms with Gasteiger partial charge in [0.2, 0.25) is 10.0 Å². The van der Waals surface area contributed by atoms with Crippen molar-refractivity contribution in [2.45, 2.75) is 38.0 Å². The van der Waals surface area contributed by atoms with Crippen molar-refractivity contribution in [1.29, 1.82) is 5.26 Å². The Labute approximate surface area is 127 Å². The number of unbranched alkanes of at least 4 members (excludes halogenated alkanes) is 1. The van der Waals surface area contributed by atoms with Gasteiger partial charge in [0, 0.05) is 13.1 Å². The van der Waals surface area contributed by atoms with Crippen molar-refractivity contribution >= 4 is 10.0 Å². The Balaban J connectivity index is 2.10. The lowest BCUT2D eigenvalue weighted by Crippen LogP contribution is -2.45. The minimum Gasteiger partial charge on any atom is -0.212 e. The molecular formula is C16H22N2O2S. The third-order valence-electron chi connectivity index (χ3n) is 4.27. The molecule has 21 heavy (non-hydrogen) atoms. The monoisotopic (exact) mass is 306 g/mol. The first-order valence-electron chi connectivity index (χ1n) is 7.49. The fraction of sp³-hybridized carbons (Fsp3) is 0.562. The quantitative estimate of drug-likeness (QED) is 0.840. The van der Waals surface area contributed by atoms with Crippen molar-refractivity contribution in [3.63, 3.8) is 0 Å². The number of piperidine rings is 1. The zero-order valence-electron chi connectivity index (χ0n) is 12.5. The SMILES string of the molecule is CCCCS(=O)(=O)N1CCC(C#N)(c2ccccc2)CC1. The van der Waals surface area contributed by atoms with Crippen LogP contribution in [-0.4, -0.2) is 31.6 Å². The Bertz CT molecular complexity index is 597. The molecule has 0 N–H and O–H groups in total. The van der Waals surface area contributed by atoms with Crippen LogP contribution in [0.3, 0.4) is 0 Å². The summed E-state index contributed by atoms with van der Waals surface area (Å²) in [4.78, 5) is 0. The van der Waals surface area contributed by atoms with Crippen LogP contribution in [0, 0.1) is 11.3 Å². The summed E-state index contributed by atoms with van der Waals surface area (Å²) in [6, 6.07) is 12.1. The summed E-state index contributed by atoms with van der Waals surface area (Å²) in [6.45, 7) is 2.87. The molecule has 4 nitrogen and oxygen atoms in total. The van der Waals surface area contributed by atoms with E-state index in [9.17, 15) is 13.7 Å². The zero-order valence-corrected chi connectivity index (χ0v) is 13.3. The highest BCUT2D eigenvalue weighted by atomic mass is 32.2. The van der Waals surface area contributed by atoms with Crippen LogP contribution in [0.15, 0.2) is 30.3 Å². The molecule has 0 atom stereocenters. The minimum absolute atomic E-state index is 0.217. The molecule has 0 saturated carbocycles. The third-order valence-corrected chi connectivity index (χ3v) is 6.22. The first-order chi connectivity index (χ1) is 10.0. The molecule has 1 aliphatic rings. The predicted octanol–water partition coefficient (Wildman–Crippen LogP) is 2.67. The number of rotatable bonds is 5. The van der Waals surface area contributed by atoms with E-state index in [2.05, 4.69) is 6.07 Å². The molecule has 1 aromatic carbocycles. The van der Waals surface area contributed by atoms with Crippen molar-refractivity contribution in [1.82, 2.24) is 4.31 Å². The number of nitriles is 1. The summed E-state index contributed by atoms with van der Waals surface area (Å²) in [6.07, 6.45) is 2.71. The Morgan fingerprint density at radius 2 is 1.86 bits per heavy atom. The normalized spacial score (nSPS) is 19.0. The molecule has 5 heteroatoms. The molecule has 1 heterocycles. The molecule has 1 aromatic rings. The second kappa shape index (κ2) is 6.59. The van der Waals surface area contributed by atoms with Gasteiger partial charge in [0.1, 0.15) is 0 Å². The summed E-state index contributed by atoms with van der Waals surface area (Å²) in [5, 5.41) is 9.61. The highest BCUT2D eigenvalue weighted by Gasteiger charge is 2.39. The number of nitrogens with zero attached hydrogens (tertiary/aromatic N) is 2. The lowest BCUT2D eigenvalue weighted by molar-refractivity contribution is 0.277. The highest BCUT2D eigenvalue weighted by Crippen LogP contribution is 2.35. The van der Waals surface area contributed by atoms with E-state index >= 15 is 0 Å². The van der Waals surface area contributed by atoms with E-state index in [4.69, 9.17) is 0 Å². The van der Waals surface area contributed by atoms with Crippen LogP contribution < -0.4 is 0 Å². The maximum atomic E-state index is 12.2. The van der Waals surface area contributed by atoms with Gasteiger partial charge in [-0.3, -0.25) is 0 Å². The van der Waals surface area contributed by atoms with Gasteiger partial charge in [-0.15, -0.1) is 0 Å². The highest BCUT2D eigenvalue weighted by molar-refractivity contribution is 7.89.